The van der Waals surface area contributed by atoms with Crippen molar-refractivity contribution in [1.82, 2.24) is 9.47 Å². The maximum atomic E-state index is 15.0. The van der Waals surface area contributed by atoms with Crippen LogP contribution < -0.4 is 19.9 Å². The van der Waals surface area contributed by atoms with Crippen molar-refractivity contribution in [2.24, 2.45) is 5.92 Å². The molecule has 1 fully saturated rings. The number of fused-ring (bicyclic) bond motifs is 1. The molecule has 9 nitrogen and oxygen atoms in total. The first-order chi connectivity index (χ1) is 23.4. The van der Waals surface area contributed by atoms with E-state index in [4.69, 9.17) is 24.7 Å². The zero-order chi connectivity index (χ0) is 35.3. The van der Waals surface area contributed by atoms with E-state index in [1.807, 2.05) is 30.3 Å². The Morgan fingerprint density at radius 1 is 0.939 bits per heavy atom. The standard InChI is InChI=1S/C37H44F3N3O6/c1-46-28-7-5-6-26(16-28)21-43-22-31(29-10-9-27(41)20-32(29)43)36(45,37(38,39)40)23-42-14-12-24(13-15-42)17-30-33(47-2)18-25(19-34(30)48-3)8-11-35(44)49-4/h5-7,9-10,16,18-20,22,24,45H,8,11-15,17,21,23,41H2,1-4H3. The van der Waals surface area contributed by atoms with Crippen LogP contribution in [0.5, 0.6) is 17.2 Å². The number of esters is 1. The maximum Gasteiger partial charge on any atom is 0.422 e. The second-order valence-electron chi connectivity index (χ2n) is 12.6. The molecule has 3 aromatic carbocycles. The molecule has 1 aliphatic heterocycles. The van der Waals surface area contributed by atoms with Crippen LogP contribution >= 0.6 is 0 Å². The summed E-state index contributed by atoms with van der Waals surface area (Å²) >= 11 is 0. The number of nitrogens with zero attached hydrogens (tertiary/aromatic N) is 2. The summed E-state index contributed by atoms with van der Waals surface area (Å²) in [5, 5.41) is 12.0. The quantitative estimate of drug-likeness (QED) is 0.129. The number of likely N-dealkylation sites (tertiary alicyclic amines) is 1. The zero-order valence-electron chi connectivity index (χ0n) is 28.3. The predicted molar refractivity (Wildman–Crippen MR) is 181 cm³/mol. The second-order valence-corrected chi connectivity index (χ2v) is 12.6. The van der Waals surface area contributed by atoms with Gasteiger partial charge >= 0.3 is 12.1 Å². The van der Waals surface area contributed by atoms with Gasteiger partial charge in [-0.05, 0) is 92.2 Å². The fourth-order valence-electron chi connectivity index (χ4n) is 6.76. The van der Waals surface area contributed by atoms with E-state index in [0.29, 0.717) is 72.6 Å². The average molecular weight is 684 g/mol. The number of nitrogens with two attached hydrogens (primary N) is 1. The fraction of sp³-hybridized carbons (Fsp3) is 0.432. The number of methoxy groups -OCH3 is 4. The van der Waals surface area contributed by atoms with Gasteiger partial charge in [-0.15, -0.1) is 0 Å². The van der Waals surface area contributed by atoms with E-state index >= 15 is 0 Å². The molecule has 0 spiro atoms. The van der Waals surface area contributed by atoms with Crippen LogP contribution in [0.25, 0.3) is 10.9 Å². The molecule has 1 saturated heterocycles. The molecule has 0 aliphatic carbocycles. The molecule has 1 aliphatic rings. The van der Waals surface area contributed by atoms with E-state index in [2.05, 4.69) is 0 Å². The van der Waals surface area contributed by atoms with Gasteiger partial charge in [0.1, 0.15) is 17.2 Å². The molecular formula is C37H44F3N3O6. The van der Waals surface area contributed by atoms with Crippen molar-refractivity contribution in [2.75, 3.05) is 53.8 Å². The van der Waals surface area contributed by atoms with E-state index in [1.165, 1.54) is 13.3 Å². The van der Waals surface area contributed by atoms with E-state index < -0.39 is 18.3 Å². The normalized spacial score (nSPS) is 15.6. The molecule has 0 bridgehead atoms. The van der Waals surface area contributed by atoms with Gasteiger partial charge in [0.05, 0.1) is 34.0 Å². The molecule has 0 amide bonds. The smallest absolute Gasteiger partial charge is 0.422 e. The molecule has 5 rings (SSSR count). The van der Waals surface area contributed by atoms with E-state index in [1.54, 1.807) is 55.1 Å². The minimum absolute atomic E-state index is 0.159. The van der Waals surface area contributed by atoms with Gasteiger partial charge in [-0.2, -0.15) is 13.2 Å². The molecule has 4 aromatic rings. The molecule has 0 saturated carbocycles. The maximum absolute atomic E-state index is 15.0. The number of benzene rings is 3. The molecule has 1 aromatic heterocycles. The minimum Gasteiger partial charge on any atom is -0.497 e. The Hall–Kier alpha value is -4.42. The van der Waals surface area contributed by atoms with Crippen molar-refractivity contribution in [3.05, 3.63) is 83.0 Å². The van der Waals surface area contributed by atoms with Crippen molar-refractivity contribution < 1.29 is 42.0 Å². The van der Waals surface area contributed by atoms with E-state index in [9.17, 15) is 23.1 Å². The number of ether oxygens (including phenoxy) is 4. The highest BCUT2D eigenvalue weighted by molar-refractivity contribution is 5.87. The van der Waals surface area contributed by atoms with Crippen LogP contribution in [-0.4, -0.2) is 74.8 Å². The first-order valence-corrected chi connectivity index (χ1v) is 16.2. The van der Waals surface area contributed by atoms with Gasteiger partial charge in [0.2, 0.25) is 5.60 Å². The highest BCUT2D eigenvalue weighted by Crippen LogP contribution is 2.44. The number of hydrogen-bond donors (Lipinski definition) is 2. The third-order valence-corrected chi connectivity index (χ3v) is 9.47. The topological polar surface area (TPSA) is 108 Å². The summed E-state index contributed by atoms with van der Waals surface area (Å²) in [6.45, 7) is 0.406. The molecule has 264 valence electrons. The first kappa shape index (κ1) is 35.9. The number of halogens is 3. The number of nitrogen functional groups attached to an aromatic ring is 1. The summed E-state index contributed by atoms with van der Waals surface area (Å²) in [7, 11) is 6.05. The lowest BCUT2D eigenvalue weighted by Crippen LogP contribution is -2.52. The number of anilines is 1. The molecule has 49 heavy (non-hydrogen) atoms. The summed E-state index contributed by atoms with van der Waals surface area (Å²) in [4.78, 5) is 13.3. The van der Waals surface area contributed by atoms with Crippen molar-refractivity contribution >= 4 is 22.6 Å². The summed E-state index contributed by atoms with van der Waals surface area (Å²) in [5.41, 5.74) is 6.22. The number of carbonyl (C=O) groups excluding carboxylic acids is 1. The Morgan fingerprint density at radius 2 is 1.63 bits per heavy atom. The van der Waals surface area contributed by atoms with Crippen molar-refractivity contribution in [1.29, 1.82) is 0 Å². The third-order valence-electron chi connectivity index (χ3n) is 9.47. The Balaban J connectivity index is 1.35. The third kappa shape index (κ3) is 7.91. The van der Waals surface area contributed by atoms with Crippen LogP contribution in [-0.2, 0) is 34.5 Å². The van der Waals surface area contributed by atoms with Gasteiger partial charge in [-0.25, -0.2) is 0 Å². The fourth-order valence-corrected chi connectivity index (χ4v) is 6.76. The number of aromatic nitrogens is 1. The Labute approximate surface area is 284 Å². The van der Waals surface area contributed by atoms with Crippen LogP contribution in [0.15, 0.2) is 60.8 Å². The van der Waals surface area contributed by atoms with Gasteiger partial charge in [0.15, 0.2) is 0 Å². The number of piperidine rings is 1. The minimum atomic E-state index is -4.95. The highest BCUT2D eigenvalue weighted by Gasteiger charge is 2.57. The summed E-state index contributed by atoms with van der Waals surface area (Å²) in [6, 6.07) is 15.8. The highest BCUT2D eigenvalue weighted by atomic mass is 19.4. The molecule has 2 heterocycles. The number of aryl methyl sites for hydroxylation is 1. The van der Waals surface area contributed by atoms with Crippen LogP contribution in [0.3, 0.4) is 0 Å². The summed E-state index contributed by atoms with van der Waals surface area (Å²) in [6.07, 6.45) is -1.00. The average Bonchev–Trinajstić information content (AvgIpc) is 3.45. The van der Waals surface area contributed by atoms with Crippen LogP contribution in [0.2, 0.25) is 0 Å². The van der Waals surface area contributed by atoms with Gasteiger partial charge in [0.25, 0.3) is 0 Å². The van der Waals surface area contributed by atoms with Crippen molar-refractivity contribution in [2.45, 2.75) is 50.4 Å². The molecule has 1 atom stereocenters. The van der Waals surface area contributed by atoms with Crippen LogP contribution in [0.4, 0.5) is 18.9 Å². The lowest BCUT2D eigenvalue weighted by molar-refractivity contribution is -0.271. The number of aliphatic hydroxyl groups is 1. The Kier molecular flexibility index (Phi) is 11.0. The SMILES string of the molecule is COC(=O)CCc1cc(OC)c(CC2CCN(CC(O)(c3cn(Cc4cccc(OC)c4)c4cc(N)ccc34)C(F)(F)F)CC2)c(OC)c1. The molecular weight excluding hydrogens is 639 g/mol. The van der Waals surface area contributed by atoms with Gasteiger partial charge in [0, 0.05) is 47.9 Å². The molecule has 1 unspecified atom stereocenters. The monoisotopic (exact) mass is 683 g/mol. The Bertz CT molecular complexity index is 1740. The van der Waals surface area contributed by atoms with Gasteiger partial charge < -0.3 is 34.4 Å². The molecule has 12 heteroatoms. The molecule has 3 N–H and O–H groups in total. The lowest BCUT2D eigenvalue weighted by Gasteiger charge is -2.39. The second kappa shape index (κ2) is 15.0. The van der Waals surface area contributed by atoms with Gasteiger partial charge in [-0.3, -0.25) is 9.69 Å². The number of β-amino-alcohol motifs (C(OH)–C–C–N with tert-alkyl or cyclic N) is 1. The van der Waals surface area contributed by atoms with Gasteiger partial charge in [-0.1, -0.05) is 18.2 Å². The first-order valence-electron chi connectivity index (χ1n) is 16.2. The number of alkyl halides is 3. The summed E-state index contributed by atoms with van der Waals surface area (Å²) < 4.78 is 68.1. The largest absolute Gasteiger partial charge is 0.497 e. The number of hydrogen-bond acceptors (Lipinski definition) is 8. The van der Waals surface area contributed by atoms with Crippen molar-refractivity contribution in [3.63, 3.8) is 0 Å². The zero-order valence-corrected chi connectivity index (χ0v) is 28.3. The predicted octanol–water partition coefficient (Wildman–Crippen LogP) is 6.11. The van der Waals surface area contributed by atoms with E-state index in [0.717, 1.165) is 16.7 Å². The van der Waals surface area contributed by atoms with E-state index in [-0.39, 0.29) is 30.4 Å². The number of carbonyl (C=O) groups is 1. The Morgan fingerprint density at radius 3 is 2.24 bits per heavy atom. The van der Waals surface area contributed by atoms with Crippen LogP contribution in [0.1, 0.15) is 41.5 Å². The summed E-state index contributed by atoms with van der Waals surface area (Å²) in [5.74, 6) is 1.76. The lowest BCUT2D eigenvalue weighted by atomic mass is 9.87. The number of rotatable bonds is 13. The van der Waals surface area contributed by atoms with Crippen molar-refractivity contribution in [3.8, 4) is 17.2 Å². The van der Waals surface area contributed by atoms with Crippen LogP contribution in [0, 0.1) is 5.92 Å². The molecule has 0 radical (unpaired) electrons.